The molecule has 32 heavy (non-hydrogen) atoms. The third-order valence-electron chi connectivity index (χ3n) is 5.69. The largest absolute Gasteiger partial charge is 0.744 e. The lowest BCUT2D eigenvalue weighted by atomic mass is 9.81. The topological polar surface area (TPSA) is 110 Å². The molecule has 1 aliphatic rings. The smallest absolute Gasteiger partial charge is 0.303 e. The number of fused-ring (bicyclic) bond motifs is 1. The van der Waals surface area contributed by atoms with E-state index in [0.29, 0.717) is 13.0 Å². The van der Waals surface area contributed by atoms with Crippen molar-refractivity contribution in [2.45, 2.75) is 49.8 Å². The van der Waals surface area contributed by atoms with Gasteiger partial charge >= 0.3 is 5.97 Å². The summed E-state index contributed by atoms with van der Waals surface area (Å²) < 4.78 is 36.9. The first-order chi connectivity index (χ1) is 15.1. The van der Waals surface area contributed by atoms with Gasteiger partial charge in [-0.05, 0) is 51.0 Å². The van der Waals surface area contributed by atoms with Gasteiger partial charge in [-0.3, -0.25) is 4.79 Å². The molecule has 2 N–H and O–H groups in total. The molecule has 1 aliphatic heterocycles. The van der Waals surface area contributed by atoms with E-state index in [1.807, 2.05) is 56.5 Å². The fourth-order valence-electron chi connectivity index (χ4n) is 4.03. The Morgan fingerprint density at radius 3 is 2.50 bits per heavy atom. The number of hydrogen-bond acceptors (Lipinski definition) is 5. The summed E-state index contributed by atoms with van der Waals surface area (Å²) in [4.78, 5) is 10.5. The van der Waals surface area contributed by atoms with E-state index in [1.165, 1.54) is 12.1 Å². The van der Waals surface area contributed by atoms with Crippen LogP contribution >= 0.6 is 0 Å². The van der Waals surface area contributed by atoms with E-state index in [0.717, 1.165) is 35.5 Å². The molecule has 0 bridgehead atoms. The van der Waals surface area contributed by atoms with Crippen molar-refractivity contribution in [1.82, 2.24) is 0 Å². The van der Waals surface area contributed by atoms with Crippen molar-refractivity contribution < 1.29 is 27.4 Å². The van der Waals surface area contributed by atoms with Gasteiger partial charge in [0.1, 0.15) is 16.7 Å². The molecule has 0 radical (unpaired) electrons. The Morgan fingerprint density at radius 2 is 1.84 bits per heavy atom. The van der Waals surface area contributed by atoms with Gasteiger partial charge in [0.15, 0.2) is 5.71 Å². The van der Waals surface area contributed by atoms with Crippen LogP contribution < -0.4 is 5.32 Å². The normalized spacial score (nSPS) is 15.2. The maximum atomic E-state index is 11.6. The van der Waals surface area contributed by atoms with Gasteiger partial charge in [0.05, 0.1) is 10.3 Å². The van der Waals surface area contributed by atoms with Gasteiger partial charge < -0.3 is 15.0 Å². The SMILES string of the molecule is CC1(C)C(C=CNc2ccccc2)=[N+](CCCCCC(=O)O)c2ccc(S(=O)(=O)[O-])cc21. The Morgan fingerprint density at radius 1 is 1.12 bits per heavy atom. The molecule has 0 unspecified atom stereocenters. The van der Waals surface area contributed by atoms with Crippen molar-refractivity contribution in [2.75, 3.05) is 11.9 Å². The highest BCUT2D eigenvalue weighted by Crippen LogP contribution is 2.41. The molecule has 0 aromatic heterocycles. The summed E-state index contributed by atoms with van der Waals surface area (Å²) in [7, 11) is -4.56. The average Bonchev–Trinajstić information content (AvgIpc) is 2.94. The summed E-state index contributed by atoms with van der Waals surface area (Å²) in [5.41, 5.74) is 3.03. The number of para-hydroxylation sites is 1. The van der Waals surface area contributed by atoms with E-state index in [-0.39, 0.29) is 11.3 Å². The number of carboxylic acid groups (broad SMARTS) is 1. The molecule has 0 saturated carbocycles. The van der Waals surface area contributed by atoms with Crippen LogP contribution in [0.5, 0.6) is 0 Å². The fraction of sp³-hybridized carbons (Fsp3) is 0.333. The standard InChI is InChI=1S/C24H28N2O5S/c1-24(2)20-17-19(32(29,30)31)12-13-21(20)26(16-8-4-7-11-23(27)28)22(24)14-15-25-18-9-5-3-6-10-18/h3,5-6,9-10,12-15,17H,4,7-8,11,16H2,1-2H3,(H2,27,28,29,30,31). The molecule has 0 fully saturated rings. The molecule has 0 saturated heterocycles. The van der Waals surface area contributed by atoms with E-state index < -0.39 is 21.5 Å². The Hall–Kier alpha value is -2.97. The summed E-state index contributed by atoms with van der Waals surface area (Å²) in [5.74, 6) is -0.800. The second-order valence-electron chi connectivity index (χ2n) is 8.34. The zero-order valence-corrected chi connectivity index (χ0v) is 19.1. The van der Waals surface area contributed by atoms with E-state index in [2.05, 4.69) is 9.89 Å². The number of benzene rings is 2. The fourth-order valence-corrected chi connectivity index (χ4v) is 4.52. The minimum Gasteiger partial charge on any atom is -0.744 e. The van der Waals surface area contributed by atoms with Crippen LogP contribution in [0, 0.1) is 0 Å². The van der Waals surface area contributed by atoms with Gasteiger partial charge in [-0.15, -0.1) is 0 Å². The highest BCUT2D eigenvalue weighted by Gasteiger charge is 2.44. The molecule has 170 valence electrons. The number of allylic oxidation sites excluding steroid dienone is 1. The lowest BCUT2D eigenvalue weighted by molar-refractivity contribution is -0.438. The number of hydrogen-bond donors (Lipinski definition) is 2. The molecule has 3 rings (SSSR count). The third-order valence-corrected chi connectivity index (χ3v) is 6.52. The Labute approximate surface area is 188 Å². The van der Waals surface area contributed by atoms with Crippen molar-refractivity contribution >= 4 is 33.2 Å². The predicted octanol–water partition coefficient (Wildman–Crippen LogP) is 4.24. The second-order valence-corrected chi connectivity index (χ2v) is 9.72. The molecule has 8 heteroatoms. The first-order valence-electron chi connectivity index (χ1n) is 10.6. The van der Waals surface area contributed by atoms with Gasteiger partial charge in [-0.2, -0.15) is 4.58 Å². The lowest BCUT2D eigenvalue weighted by Crippen LogP contribution is -2.28. The maximum Gasteiger partial charge on any atom is 0.303 e. The molecule has 0 amide bonds. The van der Waals surface area contributed by atoms with Gasteiger partial charge in [0.2, 0.25) is 5.69 Å². The summed E-state index contributed by atoms with van der Waals surface area (Å²) in [6.45, 7) is 4.66. The summed E-state index contributed by atoms with van der Waals surface area (Å²) >= 11 is 0. The Kier molecular flexibility index (Phi) is 7.16. The Bertz CT molecular complexity index is 1150. The molecule has 1 heterocycles. The van der Waals surface area contributed by atoms with Crippen LogP contribution in [0.1, 0.15) is 45.1 Å². The lowest BCUT2D eigenvalue weighted by Gasteiger charge is -2.17. The molecule has 0 atom stereocenters. The predicted molar refractivity (Wildman–Crippen MR) is 123 cm³/mol. The van der Waals surface area contributed by atoms with Crippen LogP contribution in [0.3, 0.4) is 0 Å². The molecule has 2 aromatic rings. The summed E-state index contributed by atoms with van der Waals surface area (Å²) in [5, 5.41) is 12.1. The maximum absolute atomic E-state index is 11.6. The zero-order valence-electron chi connectivity index (χ0n) is 18.2. The van der Waals surface area contributed by atoms with Gasteiger partial charge in [0, 0.05) is 42.4 Å². The number of aliphatic carboxylic acids is 1. The zero-order chi connectivity index (χ0) is 23.4. The van der Waals surface area contributed by atoms with Crippen LogP contribution in [0.25, 0.3) is 0 Å². The van der Waals surface area contributed by atoms with Crippen LogP contribution in [0.15, 0.2) is 65.7 Å². The molecule has 2 aromatic carbocycles. The van der Waals surface area contributed by atoms with Crippen molar-refractivity contribution in [3.63, 3.8) is 0 Å². The van der Waals surface area contributed by atoms with Crippen LogP contribution in [-0.2, 0) is 20.3 Å². The van der Waals surface area contributed by atoms with E-state index in [4.69, 9.17) is 5.11 Å². The van der Waals surface area contributed by atoms with Gasteiger partial charge in [0.25, 0.3) is 0 Å². The number of unbranched alkanes of at least 4 members (excludes halogenated alkanes) is 2. The van der Waals surface area contributed by atoms with E-state index >= 15 is 0 Å². The summed E-state index contributed by atoms with van der Waals surface area (Å²) in [6.07, 6.45) is 6.12. The molecule has 0 aliphatic carbocycles. The van der Waals surface area contributed by atoms with Crippen molar-refractivity contribution in [2.24, 2.45) is 0 Å². The molecule has 7 nitrogen and oxygen atoms in total. The minimum absolute atomic E-state index is 0.143. The van der Waals surface area contributed by atoms with Crippen molar-refractivity contribution in [3.8, 4) is 0 Å². The molecule has 0 spiro atoms. The highest BCUT2D eigenvalue weighted by molar-refractivity contribution is 7.85. The average molecular weight is 457 g/mol. The summed E-state index contributed by atoms with van der Waals surface area (Å²) in [6, 6.07) is 14.2. The minimum atomic E-state index is -4.56. The third kappa shape index (κ3) is 5.44. The van der Waals surface area contributed by atoms with Gasteiger partial charge in [-0.25, -0.2) is 8.42 Å². The van der Waals surface area contributed by atoms with E-state index in [1.54, 1.807) is 6.07 Å². The van der Waals surface area contributed by atoms with Crippen LogP contribution in [0.4, 0.5) is 11.4 Å². The number of nitrogens with zero attached hydrogens (tertiary/aromatic N) is 1. The van der Waals surface area contributed by atoms with Crippen molar-refractivity contribution in [1.29, 1.82) is 0 Å². The van der Waals surface area contributed by atoms with Crippen molar-refractivity contribution in [3.05, 3.63) is 66.4 Å². The second kappa shape index (κ2) is 9.67. The quantitative estimate of drug-likeness (QED) is 0.314. The monoisotopic (exact) mass is 456 g/mol. The number of carboxylic acids is 1. The Balaban J connectivity index is 1.91. The first-order valence-corrected chi connectivity index (χ1v) is 12.0. The van der Waals surface area contributed by atoms with Gasteiger partial charge in [-0.1, -0.05) is 18.2 Å². The number of nitrogens with one attached hydrogen (secondary N) is 1. The van der Waals surface area contributed by atoms with Crippen LogP contribution in [0.2, 0.25) is 0 Å². The number of rotatable bonds is 10. The number of carbonyl (C=O) groups is 1. The highest BCUT2D eigenvalue weighted by atomic mass is 32.2. The van der Waals surface area contributed by atoms with Crippen LogP contribution in [-0.4, -0.2) is 40.9 Å². The van der Waals surface area contributed by atoms with E-state index in [9.17, 15) is 17.8 Å². The molecular weight excluding hydrogens is 428 g/mol. The first kappa shape index (κ1) is 23.7. The number of anilines is 1. The molecular formula is C24H28N2O5S.